The number of hydrogen-bond donors (Lipinski definition) is 1. The molecule has 1 aromatic rings. The highest BCUT2D eigenvalue weighted by Gasteiger charge is 2.24. The van der Waals surface area contributed by atoms with Crippen LogP contribution < -0.4 is 10.1 Å². The van der Waals surface area contributed by atoms with Crippen molar-refractivity contribution in [2.45, 2.75) is 12.8 Å². The molecule has 0 spiro atoms. The summed E-state index contributed by atoms with van der Waals surface area (Å²) in [4.78, 5) is 11.5. The van der Waals surface area contributed by atoms with Crippen LogP contribution in [-0.4, -0.2) is 19.6 Å². The van der Waals surface area contributed by atoms with Gasteiger partial charge in [0.2, 0.25) is 5.91 Å². The quantitative estimate of drug-likeness (QED) is 0.923. The van der Waals surface area contributed by atoms with Crippen LogP contribution in [0.2, 0.25) is 0 Å². The third-order valence-corrected chi connectivity index (χ3v) is 3.66. The molecule has 2 rings (SSSR count). The third-order valence-electron chi connectivity index (χ3n) is 2.88. The smallest absolute Gasteiger partial charge is 0.223 e. The van der Waals surface area contributed by atoms with E-state index >= 15 is 0 Å². The van der Waals surface area contributed by atoms with E-state index in [2.05, 4.69) is 21.2 Å². The minimum absolute atomic E-state index is 0.100. The molecule has 1 atom stereocenters. The van der Waals surface area contributed by atoms with Crippen molar-refractivity contribution in [1.82, 2.24) is 5.32 Å². The number of halogens is 1. The largest absolute Gasteiger partial charge is 0.497 e. The number of rotatable bonds is 3. The lowest BCUT2D eigenvalue weighted by molar-refractivity contribution is -0.122. The van der Waals surface area contributed by atoms with E-state index < -0.39 is 0 Å². The van der Waals surface area contributed by atoms with Gasteiger partial charge in [-0.3, -0.25) is 4.79 Å². The standard InChI is InChI=1S/C12H14BrNO2/c1-16-10-2-3-11(13)9(7-10)6-8-4-5-14-12(8)15/h2-3,7-8H,4-6H2,1H3,(H,14,15). The minimum Gasteiger partial charge on any atom is -0.497 e. The van der Waals surface area contributed by atoms with E-state index in [0.29, 0.717) is 0 Å². The summed E-state index contributed by atoms with van der Waals surface area (Å²) in [6.07, 6.45) is 1.69. The molecule has 1 heterocycles. The average molecular weight is 284 g/mol. The van der Waals surface area contributed by atoms with Crippen LogP contribution in [0.5, 0.6) is 5.75 Å². The van der Waals surface area contributed by atoms with Gasteiger partial charge in [0.1, 0.15) is 5.75 Å². The number of carbonyl (C=O) groups is 1. The van der Waals surface area contributed by atoms with Crippen molar-refractivity contribution >= 4 is 21.8 Å². The lowest BCUT2D eigenvalue weighted by atomic mass is 9.98. The van der Waals surface area contributed by atoms with Crippen LogP contribution in [0.3, 0.4) is 0 Å². The summed E-state index contributed by atoms with van der Waals surface area (Å²) >= 11 is 3.50. The van der Waals surface area contributed by atoms with E-state index in [1.54, 1.807) is 7.11 Å². The van der Waals surface area contributed by atoms with Crippen molar-refractivity contribution in [3.63, 3.8) is 0 Å². The molecule has 0 saturated carbocycles. The maximum Gasteiger partial charge on any atom is 0.223 e. The monoisotopic (exact) mass is 283 g/mol. The Morgan fingerprint density at radius 1 is 1.56 bits per heavy atom. The number of benzene rings is 1. The van der Waals surface area contributed by atoms with E-state index in [1.165, 1.54) is 0 Å². The summed E-state index contributed by atoms with van der Waals surface area (Å²) in [6, 6.07) is 5.85. The summed E-state index contributed by atoms with van der Waals surface area (Å²) in [5.41, 5.74) is 1.13. The van der Waals surface area contributed by atoms with Crippen LogP contribution in [0.1, 0.15) is 12.0 Å². The van der Waals surface area contributed by atoms with Crippen LogP contribution >= 0.6 is 15.9 Å². The van der Waals surface area contributed by atoms with Gasteiger partial charge in [-0.05, 0) is 36.6 Å². The Balaban J connectivity index is 2.16. The highest BCUT2D eigenvalue weighted by molar-refractivity contribution is 9.10. The van der Waals surface area contributed by atoms with E-state index in [1.807, 2.05) is 18.2 Å². The van der Waals surface area contributed by atoms with E-state index in [4.69, 9.17) is 4.74 Å². The summed E-state index contributed by atoms with van der Waals surface area (Å²) < 4.78 is 6.21. The molecular formula is C12H14BrNO2. The van der Waals surface area contributed by atoms with Crippen LogP contribution in [0.15, 0.2) is 22.7 Å². The normalized spacial score (nSPS) is 19.6. The average Bonchev–Trinajstić information content (AvgIpc) is 2.68. The summed E-state index contributed by atoms with van der Waals surface area (Å²) in [7, 11) is 1.65. The second-order valence-electron chi connectivity index (χ2n) is 3.94. The molecule has 4 heteroatoms. The van der Waals surface area contributed by atoms with Crippen LogP contribution in [0, 0.1) is 5.92 Å². The maximum absolute atomic E-state index is 11.5. The molecule has 1 aromatic carbocycles. The van der Waals surface area contributed by atoms with E-state index in [-0.39, 0.29) is 11.8 Å². The first-order valence-corrected chi connectivity index (χ1v) is 6.10. The van der Waals surface area contributed by atoms with E-state index in [9.17, 15) is 4.79 Å². The Morgan fingerprint density at radius 3 is 3.00 bits per heavy atom. The zero-order valence-electron chi connectivity index (χ0n) is 9.13. The molecule has 1 N–H and O–H groups in total. The second kappa shape index (κ2) is 4.87. The fourth-order valence-electron chi connectivity index (χ4n) is 1.94. The van der Waals surface area contributed by atoms with Crippen LogP contribution in [-0.2, 0) is 11.2 Å². The Bertz CT molecular complexity index is 406. The number of nitrogens with one attached hydrogen (secondary N) is 1. The van der Waals surface area contributed by atoms with Crippen LogP contribution in [0.4, 0.5) is 0 Å². The summed E-state index contributed by atoms with van der Waals surface area (Å²) in [5.74, 6) is 1.09. The Morgan fingerprint density at radius 2 is 2.38 bits per heavy atom. The molecule has 1 aliphatic rings. The number of amides is 1. The molecule has 0 bridgehead atoms. The maximum atomic E-state index is 11.5. The number of carbonyl (C=O) groups excluding carboxylic acids is 1. The van der Waals surface area contributed by atoms with Crippen molar-refractivity contribution in [1.29, 1.82) is 0 Å². The minimum atomic E-state index is 0.100. The van der Waals surface area contributed by atoms with Gasteiger partial charge >= 0.3 is 0 Å². The highest BCUT2D eigenvalue weighted by Crippen LogP contribution is 2.26. The first-order valence-electron chi connectivity index (χ1n) is 5.31. The molecule has 0 radical (unpaired) electrons. The molecular weight excluding hydrogens is 270 g/mol. The molecule has 16 heavy (non-hydrogen) atoms. The van der Waals surface area contributed by atoms with Crippen molar-refractivity contribution in [3.8, 4) is 5.75 Å². The zero-order valence-corrected chi connectivity index (χ0v) is 10.7. The van der Waals surface area contributed by atoms with E-state index in [0.717, 1.165) is 35.2 Å². The summed E-state index contributed by atoms with van der Waals surface area (Å²) in [6.45, 7) is 0.797. The van der Waals surface area contributed by atoms with Crippen molar-refractivity contribution in [2.24, 2.45) is 5.92 Å². The Kier molecular flexibility index (Phi) is 3.49. The van der Waals surface area contributed by atoms with Crippen molar-refractivity contribution in [3.05, 3.63) is 28.2 Å². The number of hydrogen-bond acceptors (Lipinski definition) is 2. The zero-order chi connectivity index (χ0) is 11.5. The van der Waals surface area contributed by atoms with Gasteiger partial charge in [-0.1, -0.05) is 15.9 Å². The lowest BCUT2D eigenvalue weighted by Gasteiger charge is -2.10. The molecule has 3 nitrogen and oxygen atoms in total. The molecule has 86 valence electrons. The number of methoxy groups -OCH3 is 1. The predicted molar refractivity (Wildman–Crippen MR) is 65.5 cm³/mol. The Hall–Kier alpha value is -1.03. The first-order chi connectivity index (χ1) is 7.70. The fraction of sp³-hybridized carbons (Fsp3) is 0.417. The highest BCUT2D eigenvalue weighted by atomic mass is 79.9. The van der Waals surface area contributed by atoms with Crippen molar-refractivity contribution in [2.75, 3.05) is 13.7 Å². The molecule has 1 unspecified atom stereocenters. The lowest BCUT2D eigenvalue weighted by Crippen LogP contribution is -2.20. The molecule has 1 aliphatic heterocycles. The SMILES string of the molecule is COc1ccc(Br)c(CC2CCNC2=O)c1. The summed E-state index contributed by atoms with van der Waals surface area (Å²) in [5, 5.41) is 2.85. The fourth-order valence-corrected chi connectivity index (χ4v) is 2.35. The van der Waals surface area contributed by atoms with Gasteiger partial charge in [0, 0.05) is 16.9 Å². The predicted octanol–water partition coefficient (Wildman–Crippen LogP) is 2.14. The van der Waals surface area contributed by atoms with Gasteiger partial charge in [-0.2, -0.15) is 0 Å². The van der Waals surface area contributed by atoms with Gasteiger partial charge in [0.15, 0.2) is 0 Å². The van der Waals surface area contributed by atoms with Gasteiger partial charge < -0.3 is 10.1 Å². The third kappa shape index (κ3) is 2.38. The molecule has 0 aromatic heterocycles. The topological polar surface area (TPSA) is 38.3 Å². The van der Waals surface area contributed by atoms with Gasteiger partial charge in [0.25, 0.3) is 0 Å². The molecule has 1 fully saturated rings. The number of ether oxygens (including phenoxy) is 1. The van der Waals surface area contributed by atoms with Gasteiger partial charge in [0.05, 0.1) is 7.11 Å². The second-order valence-corrected chi connectivity index (χ2v) is 4.79. The molecule has 1 saturated heterocycles. The first kappa shape index (κ1) is 11.5. The molecule has 1 amide bonds. The van der Waals surface area contributed by atoms with Crippen LogP contribution in [0.25, 0.3) is 0 Å². The van der Waals surface area contributed by atoms with Crippen molar-refractivity contribution < 1.29 is 9.53 Å². The molecule has 0 aliphatic carbocycles. The van der Waals surface area contributed by atoms with Gasteiger partial charge in [-0.25, -0.2) is 0 Å². The van der Waals surface area contributed by atoms with Gasteiger partial charge in [-0.15, -0.1) is 0 Å². The Labute approximate surface area is 103 Å².